The van der Waals surface area contributed by atoms with Gasteiger partial charge < -0.3 is 10.5 Å². The Morgan fingerprint density at radius 3 is 1.71 bits per heavy atom. The van der Waals surface area contributed by atoms with Gasteiger partial charge in [-0.15, -0.1) is 0 Å². The highest BCUT2D eigenvalue weighted by molar-refractivity contribution is 5.92. The molecular formula is C10H11NO3. The number of para-hydroxylation sites is 1. The van der Waals surface area contributed by atoms with E-state index >= 15 is 0 Å². The Kier molecular flexibility index (Phi) is 3.67. The molecule has 1 aliphatic heterocycles. The summed E-state index contributed by atoms with van der Waals surface area (Å²) >= 11 is 0. The molecule has 2 N–H and O–H groups in total. The van der Waals surface area contributed by atoms with Crippen molar-refractivity contribution >= 4 is 17.6 Å². The molecule has 0 spiro atoms. The first-order valence-electron chi connectivity index (χ1n) is 4.22. The molecule has 74 valence electrons. The minimum atomic E-state index is -0.398. The fourth-order valence-electron chi connectivity index (χ4n) is 0.886. The second-order valence-corrected chi connectivity index (χ2v) is 2.76. The van der Waals surface area contributed by atoms with Crippen LogP contribution in [-0.4, -0.2) is 11.9 Å². The molecule has 0 atom stereocenters. The number of ether oxygens (including phenoxy) is 1. The lowest BCUT2D eigenvalue weighted by Gasteiger charge is -1.83. The molecule has 1 aliphatic rings. The number of hydrogen-bond donors (Lipinski definition) is 1. The van der Waals surface area contributed by atoms with Crippen molar-refractivity contribution < 1.29 is 14.3 Å². The Morgan fingerprint density at radius 2 is 1.50 bits per heavy atom. The molecule has 0 radical (unpaired) electrons. The molecule has 14 heavy (non-hydrogen) atoms. The smallest absolute Gasteiger partial charge is 0.314 e. The maximum Gasteiger partial charge on any atom is 0.314 e. The number of benzene rings is 1. The number of carbonyl (C=O) groups excluding carboxylic acids is 2. The molecule has 0 aromatic heterocycles. The normalized spacial score (nSPS) is 14.3. The van der Waals surface area contributed by atoms with Crippen molar-refractivity contribution in [2.45, 2.75) is 12.8 Å². The molecule has 0 unspecified atom stereocenters. The lowest BCUT2D eigenvalue weighted by Crippen LogP contribution is -1.94. The van der Waals surface area contributed by atoms with Gasteiger partial charge in [-0.1, -0.05) is 18.2 Å². The van der Waals surface area contributed by atoms with Crippen LogP contribution in [0.25, 0.3) is 0 Å². The van der Waals surface area contributed by atoms with Crippen molar-refractivity contribution in [3.63, 3.8) is 0 Å². The minimum Gasteiger partial charge on any atom is -0.399 e. The van der Waals surface area contributed by atoms with Crippen LogP contribution in [0.1, 0.15) is 12.8 Å². The largest absolute Gasteiger partial charge is 0.399 e. The van der Waals surface area contributed by atoms with Gasteiger partial charge in [0.15, 0.2) is 0 Å². The van der Waals surface area contributed by atoms with E-state index in [0.29, 0.717) is 0 Å². The minimum absolute atomic E-state index is 0.263. The maximum absolute atomic E-state index is 10.0. The molecular weight excluding hydrogens is 182 g/mol. The third-order valence-electron chi connectivity index (χ3n) is 1.56. The summed E-state index contributed by atoms with van der Waals surface area (Å²) in [5, 5.41) is 0. The first-order chi connectivity index (χ1) is 6.68. The van der Waals surface area contributed by atoms with Crippen molar-refractivity contribution in [1.29, 1.82) is 0 Å². The zero-order valence-corrected chi connectivity index (χ0v) is 7.60. The molecule has 1 fully saturated rings. The fourth-order valence-corrected chi connectivity index (χ4v) is 0.886. The molecule has 0 amide bonds. The molecule has 1 aromatic rings. The Labute approximate surface area is 81.7 Å². The van der Waals surface area contributed by atoms with Crippen LogP contribution < -0.4 is 5.73 Å². The molecule has 2 rings (SSSR count). The average Bonchev–Trinajstić information content (AvgIpc) is 2.52. The second kappa shape index (κ2) is 5.01. The van der Waals surface area contributed by atoms with Gasteiger partial charge in [-0.3, -0.25) is 9.59 Å². The molecule has 4 heteroatoms. The van der Waals surface area contributed by atoms with Crippen molar-refractivity contribution in [3.8, 4) is 0 Å². The SMILES string of the molecule is Nc1ccccc1.O=C1CCC(=O)O1. The monoisotopic (exact) mass is 193 g/mol. The van der Waals surface area contributed by atoms with E-state index in [1.807, 2.05) is 30.3 Å². The van der Waals surface area contributed by atoms with E-state index in [-0.39, 0.29) is 12.8 Å². The van der Waals surface area contributed by atoms with Crippen LogP contribution in [0.4, 0.5) is 5.69 Å². The summed E-state index contributed by atoms with van der Waals surface area (Å²) in [6, 6.07) is 9.49. The van der Waals surface area contributed by atoms with Gasteiger partial charge in [-0.05, 0) is 12.1 Å². The van der Waals surface area contributed by atoms with Crippen LogP contribution >= 0.6 is 0 Å². The summed E-state index contributed by atoms with van der Waals surface area (Å²) < 4.78 is 4.08. The summed E-state index contributed by atoms with van der Waals surface area (Å²) in [6.45, 7) is 0. The standard InChI is InChI=1S/C6H7N.C4H4O3/c7-6-4-2-1-3-5-6;5-3-1-2-4(6)7-3/h1-5H,7H2;1-2H2. The van der Waals surface area contributed by atoms with Crippen molar-refractivity contribution in [3.05, 3.63) is 30.3 Å². The van der Waals surface area contributed by atoms with Crippen molar-refractivity contribution in [2.24, 2.45) is 0 Å². The molecule has 1 aromatic carbocycles. The van der Waals surface area contributed by atoms with E-state index in [9.17, 15) is 9.59 Å². The number of anilines is 1. The van der Waals surface area contributed by atoms with E-state index < -0.39 is 11.9 Å². The number of cyclic esters (lactones) is 2. The summed E-state index contributed by atoms with van der Waals surface area (Å²) in [6.07, 6.45) is 0.525. The zero-order valence-electron chi connectivity index (χ0n) is 7.60. The van der Waals surface area contributed by atoms with E-state index in [0.717, 1.165) is 5.69 Å². The van der Waals surface area contributed by atoms with Crippen molar-refractivity contribution in [1.82, 2.24) is 0 Å². The van der Waals surface area contributed by atoms with Gasteiger partial charge in [-0.25, -0.2) is 0 Å². The first-order valence-corrected chi connectivity index (χ1v) is 4.22. The second-order valence-electron chi connectivity index (χ2n) is 2.76. The Bertz CT molecular complexity index is 307. The maximum atomic E-state index is 10.0. The molecule has 1 heterocycles. The van der Waals surface area contributed by atoms with Crippen LogP contribution in [0.5, 0.6) is 0 Å². The lowest BCUT2D eigenvalue weighted by atomic mass is 10.3. The molecule has 4 nitrogen and oxygen atoms in total. The van der Waals surface area contributed by atoms with Crippen LogP contribution in [-0.2, 0) is 14.3 Å². The Morgan fingerprint density at radius 1 is 1.00 bits per heavy atom. The summed E-state index contributed by atoms with van der Waals surface area (Å²) in [5.41, 5.74) is 6.18. The van der Waals surface area contributed by atoms with Crippen molar-refractivity contribution in [2.75, 3.05) is 5.73 Å². The molecule has 1 saturated heterocycles. The Balaban J connectivity index is 0.000000140. The van der Waals surface area contributed by atoms with Gasteiger partial charge in [0.2, 0.25) is 0 Å². The third-order valence-corrected chi connectivity index (χ3v) is 1.56. The third kappa shape index (κ3) is 3.71. The topological polar surface area (TPSA) is 69.4 Å². The van der Waals surface area contributed by atoms with Gasteiger partial charge in [-0.2, -0.15) is 0 Å². The lowest BCUT2D eigenvalue weighted by molar-refractivity contribution is -0.151. The van der Waals surface area contributed by atoms with Gasteiger partial charge in [0.05, 0.1) is 12.8 Å². The van der Waals surface area contributed by atoms with Gasteiger partial charge in [0.25, 0.3) is 0 Å². The fraction of sp³-hybridized carbons (Fsp3) is 0.200. The quantitative estimate of drug-likeness (QED) is 0.381. The summed E-state index contributed by atoms with van der Waals surface area (Å²) in [7, 11) is 0. The highest BCUT2D eigenvalue weighted by Crippen LogP contribution is 2.03. The predicted molar refractivity (Wildman–Crippen MR) is 51.2 cm³/mol. The predicted octanol–water partition coefficient (Wildman–Crippen LogP) is 1.12. The average molecular weight is 193 g/mol. The van der Waals surface area contributed by atoms with Gasteiger partial charge in [0.1, 0.15) is 0 Å². The number of esters is 2. The highest BCUT2D eigenvalue weighted by Gasteiger charge is 2.19. The van der Waals surface area contributed by atoms with Crippen LogP contribution in [0.15, 0.2) is 30.3 Å². The van der Waals surface area contributed by atoms with E-state index in [4.69, 9.17) is 5.73 Å². The molecule has 0 bridgehead atoms. The summed E-state index contributed by atoms with van der Waals surface area (Å²) in [5.74, 6) is -0.796. The van der Waals surface area contributed by atoms with Gasteiger partial charge >= 0.3 is 11.9 Å². The van der Waals surface area contributed by atoms with Crippen LogP contribution in [0, 0.1) is 0 Å². The Hall–Kier alpha value is -1.84. The summed E-state index contributed by atoms with van der Waals surface area (Å²) in [4.78, 5) is 20.0. The number of nitrogens with two attached hydrogens (primary N) is 1. The number of rotatable bonds is 0. The number of hydrogen-bond acceptors (Lipinski definition) is 4. The number of carbonyl (C=O) groups is 2. The highest BCUT2D eigenvalue weighted by atomic mass is 16.6. The van der Waals surface area contributed by atoms with E-state index in [2.05, 4.69) is 4.74 Å². The van der Waals surface area contributed by atoms with Crippen LogP contribution in [0.3, 0.4) is 0 Å². The molecule has 0 aliphatic carbocycles. The van der Waals surface area contributed by atoms with E-state index in [1.54, 1.807) is 0 Å². The first kappa shape index (κ1) is 10.2. The molecule has 0 saturated carbocycles. The van der Waals surface area contributed by atoms with Gasteiger partial charge in [0, 0.05) is 5.69 Å². The van der Waals surface area contributed by atoms with Crippen LogP contribution in [0.2, 0.25) is 0 Å². The van der Waals surface area contributed by atoms with E-state index in [1.165, 1.54) is 0 Å². The zero-order chi connectivity index (χ0) is 10.4. The number of nitrogen functional groups attached to an aromatic ring is 1.